The van der Waals surface area contributed by atoms with Crippen molar-refractivity contribution < 1.29 is 19.1 Å². The Morgan fingerprint density at radius 1 is 1.32 bits per heavy atom. The molecule has 0 fully saturated rings. The number of amides is 3. The number of ether oxygens (including phenoxy) is 1. The fourth-order valence-electron chi connectivity index (χ4n) is 1.43. The number of nitrogens with one attached hydrogen (secondary N) is 2. The van der Waals surface area contributed by atoms with Gasteiger partial charge in [-0.25, -0.2) is 14.6 Å². The number of rotatable bonds is 4. The molecular formula is C13H13N3O4S2. The molecule has 0 aliphatic rings. The van der Waals surface area contributed by atoms with Gasteiger partial charge in [-0.05, 0) is 18.4 Å². The van der Waals surface area contributed by atoms with E-state index in [9.17, 15) is 14.4 Å². The van der Waals surface area contributed by atoms with Gasteiger partial charge in [-0.3, -0.25) is 10.1 Å². The molecule has 0 saturated heterocycles. The lowest BCUT2D eigenvalue weighted by atomic mass is 10.3. The molecule has 2 aromatic rings. The Balaban J connectivity index is 1.97. The van der Waals surface area contributed by atoms with E-state index < -0.39 is 24.0 Å². The molecule has 2 N–H and O–H groups in total. The monoisotopic (exact) mass is 339 g/mol. The summed E-state index contributed by atoms with van der Waals surface area (Å²) in [6.45, 7) is 1.38. The van der Waals surface area contributed by atoms with Crippen molar-refractivity contribution >= 4 is 40.6 Å². The Kier molecular flexibility index (Phi) is 5.23. The molecular weight excluding hydrogens is 326 g/mol. The average Bonchev–Trinajstić information content (AvgIpc) is 3.17. The van der Waals surface area contributed by atoms with Crippen molar-refractivity contribution in [1.29, 1.82) is 0 Å². The normalized spacial score (nSPS) is 11.5. The number of thiophene rings is 1. The predicted octanol–water partition coefficient (Wildman–Crippen LogP) is 1.87. The highest BCUT2D eigenvalue weighted by molar-refractivity contribution is 7.20. The van der Waals surface area contributed by atoms with Crippen LogP contribution in [0.25, 0.3) is 9.88 Å². The predicted molar refractivity (Wildman–Crippen MR) is 82.9 cm³/mol. The summed E-state index contributed by atoms with van der Waals surface area (Å²) in [6, 6.07) is 3.13. The van der Waals surface area contributed by atoms with Crippen LogP contribution in [0.15, 0.2) is 22.9 Å². The topological polar surface area (TPSA) is 97.4 Å². The third-order valence-corrected chi connectivity index (χ3v) is 4.44. The van der Waals surface area contributed by atoms with Crippen LogP contribution in [0.1, 0.15) is 17.4 Å². The maximum atomic E-state index is 11.9. The summed E-state index contributed by atoms with van der Waals surface area (Å²) in [5.41, 5.74) is 0.132. The molecule has 2 aromatic heterocycles. The summed E-state index contributed by atoms with van der Waals surface area (Å²) in [4.78, 5) is 39.7. The highest BCUT2D eigenvalue weighted by atomic mass is 32.1. The highest BCUT2D eigenvalue weighted by Crippen LogP contribution is 2.28. The molecule has 0 aliphatic carbocycles. The Labute approximate surface area is 134 Å². The molecule has 22 heavy (non-hydrogen) atoms. The van der Waals surface area contributed by atoms with Gasteiger partial charge in [0.05, 0.1) is 4.88 Å². The van der Waals surface area contributed by atoms with Gasteiger partial charge < -0.3 is 10.1 Å². The van der Waals surface area contributed by atoms with Gasteiger partial charge >= 0.3 is 12.0 Å². The summed E-state index contributed by atoms with van der Waals surface area (Å²) in [5, 5.41) is 8.46. The number of carbonyl (C=O) groups is 3. The van der Waals surface area contributed by atoms with Gasteiger partial charge in [0, 0.05) is 12.4 Å². The van der Waals surface area contributed by atoms with Crippen LogP contribution in [0, 0.1) is 0 Å². The Bertz CT molecular complexity index is 681. The quantitative estimate of drug-likeness (QED) is 0.829. The number of aromatic nitrogens is 1. The number of carbonyl (C=O) groups excluding carboxylic acids is 3. The van der Waals surface area contributed by atoms with Gasteiger partial charge in [0.2, 0.25) is 0 Å². The average molecular weight is 339 g/mol. The molecule has 1 atom stereocenters. The molecule has 0 radical (unpaired) electrons. The van der Waals surface area contributed by atoms with E-state index in [1.807, 2.05) is 22.8 Å². The minimum absolute atomic E-state index is 0.132. The van der Waals surface area contributed by atoms with Crippen molar-refractivity contribution in [3.63, 3.8) is 0 Å². The number of thiazole rings is 1. The van der Waals surface area contributed by atoms with Crippen LogP contribution in [0.2, 0.25) is 0 Å². The van der Waals surface area contributed by atoms with Crippen LogP contribution in [0.3, 0.4) is 0 Å². The van der Waals surface area contributed by atoms with Crippen LogP contribution in [0.5, 0.6) is 0 Å². The smallest absolute Gasteiger partial charge is 0.358 e. The molecule has 1 unspecified atom stereocenters. The van der Waals surface area contributed by atoms with Crippen LogP contribution in [-0.4, -0.2) is 36.0 Å². The standard InChI is InChI=1S/C13H13N3O4S2/c1-7(10(17)16-13(19)14-2)20-12(18)8-6-22-11(15-8)9-4-3-5-21-9/h3-7H,1-2H3,(H2,14,16,17,19). The van der Waals surface area contributed by atoms with Gasteiger partial charge in [0.25, 0.3) is 5.91 Å². The van der Waals surface area contributed by atoms with Crippen molar-refractivity contribution in [2.24, 2.45) is 0 Å². The molecule has 9 heteroatoms. The Morgan fingerprint density at radius 2 is 2.09 bits per heavy atom. The fraction of sp³-hybridized carbons (Fsp3) is 0.231. The van der Waals surface area contributed by atoms with E-state index in [1.54, 1.807) is 5.38 Å². The number of hydrogen-bond acceptors (Lipinski definition) is 7. The summed E-state index contributed by atoms with van der Waals surface area (Å²) in [6.07, 6.45) is -1.10. The van der Waals surface area contributed by atoms with Gasteiger partial charge in [-0.1, -0.05) is 6.07 Å². The van der Waals surface area contributed by atoms with Crippen molar-refractivity contribution in [3.05, 3.63) is 28.6 Å². The van der Waals surface area contributed by atoms with Crippen molar-refractivity contribution in [1.82, 2.24) is 15.6 Å². The second-order valence-corrected chi connectivity index (χ2v) is 5.94. The van der Waals surface area contributed by atoms with Crippen LogP contribution < -0.4 is 10.6 Å². The maximum absolute atomic E-state index is 11.9. The minimum Gasteiger partial charge on any atom is -0.448 e. The summed E-state index contributed by atoms with van der Waals surface area (Å²) in [7, 11) is 1.38. The van der Waals surface area contributed by atoms with E-state index in [-0.39, 0.29) is 5.69 Å². The first-order valence-electron chi connectivity index (χ1n) is 6.24. The van der Waals surface area contributed by atoms with Crippen LogP contribution in [0.4, 0.5) is 4.79 Å². The first-order chi connectivity index (χ1) is 10.5. The first-order valence-corrected chi connectivity index (χ1v) is 8.00. The van der Waals surface area contributed by atoms with E-state index in [0.29, 0.717) is 5.01 Å². The highest BCUT2D eigenvalue weighted by Gasteiger charge is 2.22. The van der Waals surface area contributed by atoms with E-state index in [2.05, 4.69) is 10.3 Å². The molecule has 0 aliphatic heterocycles. The molecule has 7 nitrogen and oxygen atoms in total. The first kappa shape index (κ1) is 16.1. The molecule has 2 rings (SSSR count). The zero-order valence-electron chi connectivity index (χ0n) is 11.8. The fourth-order valence-corrected chi connectivity index (χ4v) is 3.03. The van der Waals surface area contributed by atoms with Crippen molar-refractivity contribution in [3.8, 4) is 9.88 Å². The molecule has 3 amide bonds. The van der Waals surface area contributed by atoms with Gasteiger partial charge in [-0.15, -0.1) is 22.7 Å². The summed E-state index contributed by atoms with van der Waals surface area (Å²) < 4.78 is 4.99. The van der Waals surface area contributed by atoms with Gasteiger partial charge in [-0.2, -0.15) is 0 Å². The number of esters is 1. The zero-order chi connectivity index (χ0) is 16.1. The second-order valence-electron chi connectivity index (χ2n) is 4.13. The zero-order valence-corrected chi connectivity index (χ0v) is 13.4. The molecule has 116 valence electrons. The van der Waals surface area contributed by atoms with Crippen LogP contribution >= 0.6 is 22.7 Å². The number of nitrogens with zero attached hydrogens (tertiary/aromatic N) is 1. The lowest BCUT2D eigenvalue weighted by molar-refractivity contribution is -0.127. The third kappa shape index (κ3) is 3.89. The molecule has 0 spiro atoms. The van der Waals surface area contributed by atoms with Gasteiger partial charge in [0.1, 0.15) is 5.01 Å². The summed E-state index contributed by atoms with van der Waals surface area (Å²) in [5.74, 6) is -1.42. The van der Waals surface area contributed by atoms with Gasteiger partial charge in [0.15, 0.2) is 11.8 Å². The van der Waals surface area contributed by atoms with E-state index in [0.717, 1.165) is 4.88 Å². The number of urea groups is 1. The maximum Gasteiger partial charge on any atom is 0.358 e. The van der Waals surface area contributed by atoms with Crippen molar-refractivity contribution in [2.75, 3.05) is 7.05 Å². The Hall–Kier alpha value is -2.26. The molecule has 0 bridgehead atoms. The SMILES string of the molecule is CNC(=O)NC(=O)C(C)OC(=O)c1csc(-c2cccs2)n1. The molecule has 0 saturated carbocycles. The minimum atomic E-state index is -1.10. The number of hydrogen-bond donors (Lipinski definition) is 2. The summed E-state index contributed by atoms with van der Waals surface area (Å²) >= 11 is 2.84. The Morgan fingerprint density at radius 3 is 2.73 bits per heavy atom. The lowest BCUT2D eigenvalue weighted by Crippen LogP contribution is -2.43. The molecule has 2 heterocycles. The van der Waals surface area contributed by atoms with E-state index in [1.165, 1.54) is 36.6 Å². The number of imide groups is 1. The van der Waals surface area contributed by atoms with E-state index >= 15 is 0 Å². The van der Waals surface area contributed by atoms with Crippen LogP contribution in [-0.2, 0) is 9.53 Å². The van der Waals surface area contributed by atoms with Crippen molar-refractivity contribution in [2.45, 2.75) is 13.0 Å². The van der Waals surface area contributed by atoms with E-state index in [4.69, 9.17) is 4.74 Å². The lowest BCUT2D eigenvalue weighted by Gasteiger charge is -2.11. The largest absolute Gasteiger partial charge is 0.448 e. The second kappa shape index (κ2) is 7.14. The third-order valence-electron chi connectivity index (χ3n) is 2.56. The molecule has 0 aromatic carbocycles.